The van der Waals surface area contributed by atoms with Crippen LogP contribution in [0.3, 0.4) is 0 Å². The Bertz CT molecular complexity index is 875. The number of thiocarbonyl (C=S) groups is 1. The number of nitrogens with zero attached hydrogens (tertiary/aromatic N) is 4. The van der Waals surface area contributed by atoms with E-state index in [9.17, 15) is 9.59 Å². The van der Waals surface area contributed by atoms with Gasteiger partial charge in [-0.05, 0) is 30.2 Å². The summed E-state index contributed by atoms with van der Waals surface area (Å²) in [5.74, 6) is -1.07. The number of carbonyl (C=O) groups excluding carboxylic acids is 1. The van der Waals surface area contributed by atoms with Gasteiger partial charge in [0.25, 0.3) is 5.91 Å². The molecular formula is C15H14N4O3S2. The van der Waals surface area contributed by atoms with Crippen LogP contribution in [0.4, 0.5) is 0 Å². The average Bonchev–Trinajstić information content (AvgIpc) is 3.02. The summed E-state index contributed by atoms with van der Waals surface area (Å²) in [5.41, 5.74) is 2.51. The molecule has 1 amide bonds. The molecule has 1 aromatic carbocycles. The van der Waals surface area contributed by atoms with E-state index in [1.165, 1.54) is 16.7 Å². The molecule has 0 spiro atoms. The van der Waals surface area contributed by atoms with Crippen molar-refractivity contribution in [2.24, 2.45) is 7.05 Å². The molecule has 0 radical (unpaired) electrons. The predicted molar refractivity (Wildman–Crippen MR) is 95.3 cm³/mol. The largest absolute Gasteiger partial charge is 0.481 e. The van der Waals surface area contributed by atoms with Crippen LogP contribution < -0.4 is 0 Å². The number of aromatic nitrogens is 3. The molecule has 1 aliphatic heterocycles. The second-order valence-electron chi connectivity index (χ2n) is 5.29. The van der Waals surface area contributed by atoms with E-state index in [2.05, 4.69) is 10.3 Å². The SMILES string of the molecule is Cn1nnc2cc(C=C3SC(=S)N(CCCC(=O)O)C3=O)ccc21. The summed E-state index contributed by atoms with van der Waals surface area (Å²) in [6.45, 7) is 0.317. The average molecular weight is 362 g/mol. The molecule has 1 fully saturated rings. The number of amides is 1. The van der Waals surface area contributed by atoms with Gasteiger partial charge in [0, 0.05) is 20.0 Å². The van der Waals surface area contributed by atoms with Crippen molar-refractivity contribution in [3.63, 3.8) is 0 Å². The fourth-order valence-electron chi connectivity index (χ4n) is 2.38. The van der Waals surface area contributed by atoms with Crippen LogP contribution in [0, 0.1) is 0 Å². The standard InChI is InChI=1S/C15H14N4O3S2/c1-18-11-5-4-9(7-10(11)16-17-18)8-12-14(22)19(15(23)24-12)6-2-3-13(20)21/h4-5,7-8H,2-3,6H2,1H3,(H,20,21). The molecule has 7 nitrogen and oxygen atoms in total. The number of aliphatic carboxylic acids is 1. The number of hydrogen-bond acceptors (Lipinski definition) is 6. The first-order chi connectivity index (χ1) is 11.5. The molecule has 2 heterocycles. The Kier molecular flexibility index (Phi) is 4.63. The number of hydrogen-bond donors (Lipinski definition) is 1. The van der Waals surface area contributed by atoms with Crippen molar-refractivity contribution in [1.82, 2.24) is 19.9 Å². The van der Waals surface area contributed by atoms with Crippen LogP contribution in [0.25, 0.3) is 17.1 Å². The Hall–Kier alpha value is -2.26. The van der Waals surface area contributed by atoms with Gasteiger partial charge >= 0.3 is 5.97 Å². The number of benzene rings is 1. The van der Waals surface area contributed by atoms with Crippen LogP contribution in [0.2, 0.25) is 0 Å². The van der Waals surface area contributed by atoms with Gasteiger partial charge in [-0.25, -0.2) is 4.68 Å². The summed E-state index contributed by atoms with van der Waals surface area (Å²) in [5, 5.41) is 16.7. The second-order valence-corrected chi connectivity index (χ2v) is 6.97. The van der Waals surface area contributed by atoms with Crippen LogP contribution in [0.1, 0.15) is 18.4 Å². The molecule has 9 heteroatoms. The first-order valence-corrected chi connectivity index (χ1v) is 8.45. The van der Waals surface area contributed by atoms with Crippen LogP contribution in [0.5, 0.6) is 0 Å². The third kappa shape index (κ3) is 3.31. The van der Waals surface area contributed by atoms with Gasteiger partial charge < -0.3 is 5.11 Å². The summed E-state index contributed by atoms with van der Waals surface area (Å²) in [6.07, 6.45) is 2.16. The fraction of sp³-hybridized carbons (Fsp3) is 0.267. The smallest absolute Gasteiger partial charge is 0.303 e. The third-order valence-electron chi connectivity index (χ3n) is 3.58. The fourth-order valence-corrected chi connectivity index (χ4v) is 3.69. The van der Waals surface area contributed by atoms with Gasteiger partial charge in [0.15, 0.2) is 0 Å². The molecule has 1 N–H and O–H groups in total. The molecule has 1 aliphatic rings. The van der Waals surface area contributed by atoms with Gasteiger partial charge in [-0.15, -0.1) is 5.10 Å². The lowest BCUT2D eigenvalue weighted by molar-refractivity contribution is -0.137. The molecule has 0 unspecified atom stereocenters. The summed E-state index contributed by atoms with van der Waals surface area (Å²) in [6, 6.07) is 5.65. The van der Waals surface area contributed by atoms with Crippen molar-refractivity contribution in [3.8, 4) is 0 Å². The number of thioether (sulfide) groups is 1. The number of carbonyl (C=O) groups is 2. The lowest BCUT2D eigenvalue weighted by Gasteiger charge is -2.13. The van der Waals surface area contributed by atoms with E-state index >= 15 is 0 Å². The monoisotopic (exact) mass is 362 g/mol. The number of carboxylic acids is 1. The van der Waals surface area contributed by atoms with Crippen LogP contribution >= 0.6 is 24.0 Å². The zero-order chi connectivity index (χ0) is 17.3. The molecule has 24 heavy (non-hydrogen) atoms. The molecule has 124 valence electrons. The van der Waals surface area contributed by atoms with Crippen molar-refractivity contribution in [1.29, 1.82) is 0 Å². The van der Waals surface area contributed by atoms with E-state index in [0.717, 1.165) is 16.6 Å². The molecule has 0 saturated carbocycles. The van der Waals surface area contributed by atoms with Crippen LogP contribution in [-0.4, -0.2) is 47.7 Å². The minimum Gasteiger partial charge on any atom is -0.481 e. The zero-order valence-electron chi connectivity index (χ0n) is 12.8. The molecular weight excluding hydrogens is 348 g/mol. The second kappa shape index (κ2) is 6.70. The molecule has 0 bridgehead atoms. The van der Waals surface area contributed by atoms with Crippen molar-refractivity contribution in [2.75, 3.05) is 6.54 Å². The van der Waals surface area contributed by atoms with Gasteiger partial charge in [0.2, 0.25) is 0 Å². The number of fused-ring (bicyclic) bond motifs is 1. The van der Waals surface area contributed by atoms with E-state index in [-0.39, 0.29) is 12.3 Å². The Labute approximate surface area is 147 Å². The third-order valence-corrected chi connectivity index (χ3v) is 4.96. The molecule has 1 aromatic heterocycles. The highest BCUT2D eigenvalue weighted by Crippen LogP contribution is 2.33. The summed E-state index contributed by atoms with van der Waals surface area (Å²) in [7, 11) is 1.82. The minimum absolute atomic E-state index is 0.0133. The highest BCUT2D eigenvalue weighted by Gasteiger charge is 2.31. The molecule has 1 saturated heterocycles. The molecule has 3 rings (SSSR count). The van der Waals surface area contributed by atoms with Crippen molar-refractivity contribution in [2.45, 2.75) is 12.8 Å². The van der Waals surface area contributed by atoms with Crippen molar-refractivity contribution < 1.29 is 14.7 Å². The Morgan fingerprint density at radius 3 is 3.00 bits per heavy atom. The van der Waals surface area contributed by atoms with E-state index in [1.807, 2.05) is 25.2 Å². The number of carboxylic acid groups (broad SMARTS) is 1. The Morgan fingerprint density at radius 2 is 2.25 bits per heavy atom. The van der Waals surface area contributed by atoms with Crippen LogP contribution in [-0.2, 0) is 16.6 Å². The first-order valence-electron chi connectivity index (χ1n) is 7.22. The quantitative estimate of drug-likeness (QED) is 0.643. The maximum Gasteiger partial charge on any atom is 0.303 e. The Balaban J connectivity index is 1.78. The lowest BCUT2D eigenvalue weighted by atomic mass is 10.2. The van der Waals surface area contributed by atoms with E-state index in [1.54, 1.807) is 10.8 Å². The molecule has 2 aromatic rings. The first kappa shape index (κ1) is 16.6. The predicted octanol–water partition coefficient (Wildman–Crippen LogP) is 2.03. The summed E-state index contributed by atoms with van der Waals surface area (Å²) in [4.78, 5) is 25.0. The Morgan fingerprint density at radius 1 is 1.46 bits per heavy atom. The summed E-state index contributed by atoms with van der Waals surface area (Å²) < 4.78 is 2.14. The van der Waals surface area contributed by atoms with Crippen LogP contribution in [0.15, 0.2) is 23.1 Å². The number of aryl methyl sites for hydroxylation is 1. The van der Waals surface area contributed by atoms with Crippen molar-refractivity contribution >= 4 is 57.3 Å². The van der Waals surface area contributed by atoms with Gasteiger partial charge in [0.1, 0.15) is 9.84 Å². The van der Waals surface area contributed by atoms with Crippen molar-refractivity contribution in [3.05, 3.63) is 28.7 Å². The van der Waals surface area contributed by atoms with E-state index < -0.39 is 5.97 Å². The van der Waals surface area contributed by atoms with E-state index in [0.29, 0.717) is 22.2 Å². The topological polar surface area (TPSA) is 88.3 Å². The zero-order valence-corrected chi connectivity index (χ0v) is 14.4. The normalized spacial score (nSPS) is 16.5. The maximum absolute atomic E-state index is 12.4. The number of rotatable bonds is 5. The molecule has 0 aliphatic carbocycles. The van der Waals surface area contributed by atoms with Gasteiger partial charge in [0.05, 0.1) is 10.4 Å². The van der Waals surface area contributed by atoms with E-state index in [4.69, 9.17) is 17.3 Å². The maximum atomic E-state index is 12.4. The highest BCUT2D eigenvalue weighted by atomic mass is 32.2. The summed E-state index contributed by atoms with van der Waals surface area (Å²) >= 11 is 6.45. The van der Waals surface area contributed by atoms with Gasteiger partial charge in [-0.3, -0.25) is 14.5 Å². The minimum atomic E-state index is -0.881. The van der Waals surface area contributed by atoms with Gasteiger partial charge in [-0.2, -0.15) is 0 Å². The highest BCUT2D eigenvalue weighted by molar-refractivity contribution is 8.26. The van der Waals surface area contributed by atoms with Gasteiger partial charge in [-0.1, -0.05) is 35.3 Å². The lowest BCUT2D eigenvalue weighted by Crippen LogP contribution is -2.29. The molecule has 0 atom stereocenters.